The predicted octanol–water partition coefficient (Wildman–Crippen LogP) is 9.10. The number of hydrogen-bond acceptors (Lipinski definition) is 22. The van der Waals surface area contributed by atoms with Crippen LogP contribution in [0.15, 0.2) is 67.4 Å². The van der Waals surface area contributed by atoms with Crippen molar-refractivity contribution in [3.63, 3.8) is 0 Å². The second-order valence-electron chi connectivity index (χ2n) is 22.7. The first-order chi connectivity index (χ1) is 39.9. The fraction of sp³-hybridized carbons (Fsp3) is 0.491. The highest BCUT2D eigenvalue weighted by atomic mass is 35.5. The minimum Gasteiger partial charge on any atom is -0.461 e. The number of imidazole rings is 2. The third-order valence-electron chi connectivity index (χ3n) is 15.5. The number of aliphatic hydroxyl groups excluding tert-OH is 2. The number of aromatic nitrogens is 9. The van der Waals surface area contributed by atoms with Gasteiger partial charge in [0.25, 0.3) is 0 Å². The van der Waals surface area contributed by atoms with Crippen LogP contribution in [0.2, 0.25) is 28.7 Å². The molecular weight excluding hydrogens is 1200 g/mol. The SMILES string of the molecule is C#CCn1ccc2cc(C(=O)c3ccc(C(=O)OC[C@@]4(C)C(O)[C@@H](COP(C)(=O)OCC)O[C@H]4n4cnc5c(N)nc(Cl)nc54)cc3)ccc21.CCOP(C)(=O)OC[C@H]1O[C@@H](n2cnc3c(N)nc(Cl)nc32)[C@@](C)(CO)C1O[Si](C)(C)C(C)(C)C. The lowest BCUT2D eigenvalue weighted by Gasteiger charge is -2.43. The smallest absolute Gasteiger partial charge is 0.338 e. The summed E-state index contributed by atoms with van der Waals surface area (Å²) in [6, 6.07) is 13.4. The lowest BCUT2D eigenvalue weighted by Crippen LogP contribution is -2.52. The molecule has 6 N–H and O–H groups in total. The summed E-state index contributed by atoms with van der Waals surface area (Å²) in [6.07, 6.45) is 4.89. The van der Waals surface area contributed by atoms with E-state index in [2.05, 4.69) is 69.7 Å². The van der Waals surface area contributed by atoms with Crippen molar-refractivity contribution >= 4 is 103 Å². The van der Waals surface area contributed by atoms with E-state index in [-0.39, 0.29) is 89.4 Å². The molecule has 0 amide bonds. The van der Waals surface area contributed by atoms with Crippen LogP contribution in [0.3, 0.4) is 0 Å². The minimum absolute atomic E-state index is 0.0296. The van der Waals surface area contributed by atoms with Gasteiger partial charge in [-0.3, -0.25) is 23.1 Å². The number of terminal acetylenes is 1. The molecule has 25 nitrogen and oxygen atoms in total. The molecule has 0 bridgehead atoms. The molecule has 4 unspecified atom stereocenters. The summed E-state index contributed by atoms with van der Waals surface area (Å²) in [4.78, 5) is 51.7. The molecule has 0 saturated carbocycles. The number of rotatable bonds is 21. The number of carbonyl (C=O) groups is 2. The summed E-state index contributed by atoms with van der Waals surface area (Å²) in [6.45, 7) is 20.2. The number of ether oxygens (including phenoxy) is 3. The number of aliphatic hydroxyl groups is 2. The average molecular weight is 1270 g/mol. The monoisotopic (exact) mass is 1270 g/mol. The van der Waals surface area contributed by atoms with Crippen molar-refractivity contribution < 1.29 is 65.7 Å². The molecule has 30 heteroatoms. The van der Waals surface area contributed by atoms with E-state index in [1.165, 1.54) is 42.7 Å². The zero-order valence-electron chi connectivity index (χ0n) is 49.0. The summed E-state index contributed by atoms with van der Waals surface area (Å²) in [7, 11) is -9.07. The van der Waals surface area contributed by atoms with Crippen LogP contribution in [0.5, 0.6) is 0 Å². The first kappa shape index (κ1) is 65.3. The predicted molar refractivity (Wildman–Crippen MR) is 322 cm³/mol. The number of esters is 1. The van der Waals surface area contributed by atoms with Crippen LogP contribution in [-0.2, 0) is 52.4 Å². The molecule has 0 radical (unpaired) electrons. The molecule has 0 aliphatic carbocycles. The summed E-state index contributed by atoms with van der Waals surface area (Å²) < 4.78 is 77.4. The van der Waals surface area contributed by atoms with E-state index in [9.17, 15) is 28.9 Å². The Hall–Kier alpha value is -5.72. The number of hydrogen-bond donors (Lipinski definition) is 4. The molecule has 7 heterocycles. The number of halogens is 2. The normalized spacial score (nSPS) is 24.0. The largest absolute Gasteiger partial charge is 0.461 e. The third-order valence-corrected chi connectivity index (χ3v) is 23.0. The van der Waals surface area contributed by atoms with Crippen LogP contribution in [0, 0.1) is 23.2 Å². The Labute approximate surface area is 502 Å². The molecule has 7 aromatic rings. The Kier molecular flexibility index (Phi) is 19.6. The lowest BCUT2D eigenvalue weighted by atomic mass is 9.83. The van der Waals surface area contributed by atoms with Crippen molar-refractivity contribution in [3.05, 3.63) is 94.6 Å². The number of nitrogen functional groups attached to an aromatic ring is 2. The minimum atomic E-state index is -3.44. The van der Waals surface area contributed by atoms with Crippen LogP contribution >= 0.6 is 38.4 Å². The van der Waals surface area contributed by atoms with Crippen LogP contribution in [-0.4, -0.2) is 151 Å². The molecule has 10 atom stereocenters. The Balaban J connectivity index is 0.000000236. The molecular formula is C55H71Cl2N11O14P2Si. The number of ketones is 1. The van der Waals surface area contributed by atoms with Crippen LogP contribution in [0.1, 0.15) is 87.2 Å². The van der Waals surface area contributed by atoms with Gasteiger partial charge in [-0.05, 0) is 98.5 Å². The lowest BCUT2D eigenvalue weighted by molar-refractivity contribution is -0.0620. The number of carbonyl (C=O) groups excluding carboxylic acids is 2. The van der Waals surface area contributed by atoms with Gasteiger partial charge in [0.2, 0.25) is 10.6 Å². The van der Waals surface area contributed by atoms with E-state index >= 15 is 0 Å². The van der Waals surface area contributed by atoms with Gasteiger partial charge in [-0.25, -0.2) is 14.8 Å². The molecule has 2 fully saturated rings. The van der Waals surface area contributed by atoms with Crippen molar-refractivity contribution in [3.8, 4) is 12.3 Å². The van der Waals surface area contributed by atoms with Gasteiger partial charge in [0.05, 0.1) is 80.8 Å². The number of benzene rings is 2. The second-order valence-corrected chi connectivity index (χ2v) is 32.3. The van der Waals surface area contributed by atoms with Gasteiger partial charge in [-0.15, -0.1) is 6.42 Å². The molecule has 85 heavy (non-hydrogen) atoms. The summed E-state index contributed by atoms with van der Waals surface area (Å²) in [5.41, 5.74) is 12.9. The Bertz CT molecular complexity index is 3740. The highest BCUT2D eigenvalue weighted by Crippen LogP contribution is 2.53. The molecule has 2 aliphatic rings. The number of fused-ring (bicyclic) bond motifs is 3. The fourth-order valence-electron chi connectivity index (χ4n) is 9.91. The molecule has 458 valence electrons. The summed E-state index contributed by atoms with van der Waals surface area (Å²) in [5.74, 6) is 1.86. The topological polar surface area (TPSA) is 327 Å². The van der Waals surface area contributed by atoms with Gasteiger partial charge in [0, 0.05) is 41.6 Å². The Morgan fingerprint density at radius 1 is 0.788 bits per heavy atom. The summed E-state index contributed by atoms with van der Waals surface area (Å²) in [5, 5.41) is 22.9. The fourth-order valence-corrected chi connectivity index (χ4v) is 13.6. The first-order valence-electron chi connectivity index (χ1n) is 27.1. The molecule has 9 rings (SSSR count). The van der Waals surface area contributed by atoms with E-state index < -0.39 is 77.2 Å². The maximum atomic E-state index is 13.3. The van der Waals surface area contributed by atoms with Crippen molar-refractivity contribution in [1.82, 2.24) is 43.6 Å². The molecule has 2 saturated heterocycles. The van der Waals surface area contributed by atoms with Crippen molar-refractivity contribution in [1.29, 1.82) is 0 Å². The zero-order valence-corrected chi connectivity index (χ0v) is 53.3. The average Bonchev–Trinajstić information content (AvgIpc) is 1.84. The Morgan fingerprint density at radius 2 is 1.29 bits per heavy atom. The van der Waals surface area contributed by atoms with E-state index in [1.807, 2.05) is 29.8 Å². The maximum Gasteiger partial charge on any atom is 0.338 e. The maximum absolute atomic E-state index is 13.3. The van der Waals surface area contributed by atoms with Gasteiger partial charge < -0.3 is 63.0 Å². The molecule has 2 aromatic carbocycles. The highest BCUT2D eigenvalue weighted by Gasteiger charge is 2.59. The van der Waals surface area contributed by atoms with Crippen molar-refractivity contribution in [2.45, 2.75) is 110 Å². The van der Waals surface area contributed by atoms with Gasteiger partial charge in [-0.1, -0.05) is 45.7 Å². The van der Waals surface area contributed by atoms with E-state index in [0.717, 1.165) is 10.9 Å². The second kappa shape index (κ2) is 25.5. The van der Waals surface area contributed by atoms with E-state index in [4.69, 9.17) is 77.8 Å². The van der Waals surface area contributed by atoms with E-state index in [0.29, 0.717) is 28.8 Å². The first-order valence-corrected chi connectivity index (χ1v) is 34.7. The van der Waals surface area contributed by atoms with Gasteiger partial charge >= 0.3 is 21.2 Å². The van der Waals surface area contributed by atoms with Gasteiger partial charge in [0.1, 0.15) is 42.3 Å². The van der Waals surface area contributed by atoms with Gasteiger partial charge in [0.15, 0.2) is 37.0 Å². The van der Waals surface area contributed by atoms with Crippen molar-refractivity contribution in [2.24, 2.45) is 10.8 Å². The third kappa shape index (κ3) is 13.7. The highest BCUT2D eigenvalue weighted by molar-refractivity contribution is 7.53. The quantitative estimate of drug-likeness (QED) is 0.0130. The summed E-state index contributed by atoms with van der Waals surface area (Å²) >= 11 is 12.2. The van der Waals surface area contributed by atoms with Crippen LogP contribution in [0.25, 0.3) is 33.2 Å². The number of nitrogens with zero attached hydrogens (tertiary/aromatic N) is 9. The molecule has 0 spiro atoms. The van der Waals surface area contributed by atoms with Crippen molar-refractivity contribution in [2.75, 3.05) is 64.4 Å². The zero-order chi connectivity index (χ0) is 62.2. The Morgan fingerprint density at radius 3 is 1.81 bits per heavy atom. The standard InChI is InChI=1S/C34H34ClN6O8P.C21H37ClN5O6PSi/c1-5-14-40-15-13-22-16-23(11-12-24(22)40)27(42)20-7-9-21(10-8-20)31(44)46-18-34(3)28(43)25(17-48-50(4,45)47-6-2)49-32(34)41-19-37-26-29(36)38-33(35)39-30(26)41;1-9-30-34(6,29)31-10-13-15(33-35(7,8)20(2,3)4)21(5,11-28)18(32-13)27-12-24-14-16(23)25-19(22)26-17(14)27/h1,7-13,15-16,19,25,28,32,43H,6,14,17-18H2,2-4H3,(H2,36,38,39);12-13,15,18,28H,9-11H2,1-8H3,(H2,23,25,26)/t25-,28?,32-,34+,50?;13-,15?,18-,21+,34?/m11/s1. The van der Waals surface area contributed by atoms with Gasteiger partial charge in [-0.2, -0.15) is 19.9 Å². The number of anilines is 2. The molecule has 5 aromatic heterocycles. The van der Waals surface area contributed by atoms with Crippen LogP contribution < -0.4 is 11.5 Å². The number of nitrogens with two attached hydrogens (primary N) is 2. The molecule has 2 aliphatic heterocycles. The van der Waals surface area contributed by atoms with E-state index in [1.54, 1.807) is 49.6 Å². The van der Waals surface area contributed by atoms with Crippen LogP contribution in [0.4, 0.5) is 11.6 Å².